The number of alkyl halides is 3. The van der Waals surface area contributed by atoms with Gasteiger partial charge in [-0.25, -0.2) is 9.78 Å². The van der Waals surface area contributed by atoms with Crippen LogP contribution in [-0.2, 0) is 6.18 Å². The Morgan fingerprint density at radius 3 is 2.75 bits per heavy atom. The molecule has 0 aliphatic carbocycles. The number of aromatic nitrogens is 2. The minimum absolute atomic E-state index is 0.246. The van der Waals surface area contributed by atoms with E-state index in [4.69, 9.17) is 4.74 Å². The zero-order chi connectivity index (χ0) is 20.3. The first kappa shape index (κ1) is 19.9. The van der Waals surface area contributed by atoms with Crippen LogP contribution in [-0.4, -0.2) is 40.1 Å². The minimum Gasteiger partial charge on any atom is -0.458 e. The van der Waals surface area contributed by atoms with Crippen molar-refractivity contribution in [3.63, 3.8) is 0 Å². The van der Waals surface area contributed by atoms with Crippen LogP contribution in [0.5, 0.6) is 6.01 Å². The number of hydrogen-bond acceptors (Lipinski definition) is 4. The molecule has 0 saturated carbocycles. The van der Waals surface area contributed by atoms with Crippen molar-refractivity contribution >= 4 is 11.7 Å². The second kappa shape index (κ2) is 8.04. The topological polar surface area (TPSA) is 67.4 Å². The molecule has 0 spiro atoms. The summed E-state index contributed by atoms with van der Waals surface area (Å²) in [4.78, 5) is 21.3. The number of anilines is 1. The number of nitrogens with zero attached hydrogens (tertiary/aromatic N) is 3. The van der Waals surface area contributed by atoms with Crippen LogP contribution in [0.3, 0.4) is 0 Å². The van der Waals surface area contributed by atoms with E-state index < -0.39 is 18.0 Å². The van der Waals surface area contributed by atoms with Crippen molar-refractivity contribution in [1.82, 2.24) is 14.9 Å². The fourth-order valence-electron chi connectivity index (χ4n) is 2.95. The first-order valence-electron chi connectivity index (χ1n) is 8.92. The van der Waals surface area contributed by atoms with E-state index in [-0.39, 0.29) is 18.6 Å². The van der Waals surface area contributed by atoms with Gasteiger partial charge in [0.1, 0.15) is 6.10 Å². The van der Waals surface area contributed by atoms with Crippen molar-refractivity contribution in [2.45, 2.75) is 39.0 Å². The second-order valence-corrected chi connectivity index (χ2v) is 6.78. The first-order chi connectivity index (χ1) is 13.2. The van der Waals surface area contributed by atoms with E-state index in [1.807, 2.05) is 32.0 Å². The molecule has 0 bridgehead atoms. The third kappa shape index (κ3) is 4.90. The predicted octanol–water partition coefficient (Wildman–Crippen LogP) is 4.19. The maximum absolute atomic E-state index is 12.8. The lowest BCUT2D eigenvalue weighted by molar-refractivity contribution is -0.141. The number of carbonyl (C=O) groups is 1. The van der Waals surface area contributed by atoms with Crippen molar-refractivity contribution in [1.29, 1.82) is 0 Å². The van der Waals surface area contributed by atoms with E-state index in [9.17, 15) is 18.0 Å². The molecule has 1 aliphatic heterocycles. The van der Waals surface area contributed by atoms with E-state index in [0.717, 1.165) is 23.4 Å². The Labute approximate surface area is 160 Å². The Kier molecular flexibility index (Phi) is 5.71. The Morgan fingerprint density at radius 2 is 2.04 bits per heavy atom. The molecule has 3 rings (SSSR count). The molecule has 1 fully saturated rings. The quantitative estimate of drug-likeness (QED) is 0.848. The van der Waals surface area contributed by atoms with Gasteiger partial charge in [-0.05, 0) is 56.0 Å². The summed E-state index contributed by atoms with van der Waals surface area (Å²) in [5.74, 6) is 0. The molecule has 28 heavy (non-hydrogen) atoms. The van der Waals surface area contributed by atoms with E-state index in [1.165, 1.54) is 0 Å². The highest BCUT2D eigenvalue weighted by atomic mass is 19.4. The lowest BCUT2D eigenvalue weighted by atomic mass is 10.1. The molecule has 6 nitrogen and oxygen atoms in total. The van der Waals surface area contributed by atoms with Gasteiger partial charge in [0.2, 0.25) is 0 Å². The van der Waals surface area contributed by atoms with Crippen molar-refractivity contribution in [2.75, 3.05) is 18.4 Å². The van der Waals surface area contributed by atoms with Gasteiger partial charge >= 0.3 is 18.2 Å². The third-order valence-corrected chi connectivity index (χ3v) is 4.62. The first-order valence-corrected chi connectivity index (χ1v) is 8.92. The Balaban J connectivity index is 1.62. The summed E-state index contributed by atoms with van der Waals surface area (Å²) in [5.41, 5.74) is 1.83. The number of carbonyl (C=O) groups excluding carboxylic acids is 1. The van der Waals surface area contributed by atoms with Crippen LogP contribution in [0.1, 0.15) is 29.7 Å². The van der Waals surface area contributed by atoms with Gasteiger partial charge in [-0.2, -0.15) is 18.2 Å². The third-order valence-electron chi connectivity index (χ3n) is 4.62. The van der Waals surface area contributed by atoms with Crippen molar-refractivity contribution in [3.05, 3.63) is 47.3 Å². The van der Waals surface area contributed by atoms with Crippen LogP contribution in [0, 0.1) is 13.8 Å². The number of piperidine rings is 1. The number of hydrogen-bond donors (Lipinski definition) is 1. The lowest BCUT2D eigenvalue weighted by Crippen LogP contribution is -2.46. The minimum atomic E-state index is -4.56. The average molecular weight is 394 g/mol. The van der Waals surface area contributed by atoms with Gasteiger partial charge in [-0.15, -0.1) is 0 Å². The van der Waals surface area contributed by atoms with Crippen LogP contribution in [0.2, 0.25) is 0 Å². The number of amides is 2. The van der Waals surface area contributed by atoms with Gasteiger partial charge < -0.3 is 15.0 Å². The number of urea groups is 1. The molecule has 1 saturated heterocycles. The van der Waals surface area contributed by atoms with Crippen LogP contribution >= 0.6 is 0 Å². The number of nitrogens with one attached hydrogen (secondary N) is 1. The highest BCUT2D eigenvalue weighted by molar-refractivity contribution is 5.89. The molecular weight excluding hydrogens is 373 g/mol. The molecule has 1 aromatic carbocycles. The predicted molar refractivity (Wildman–Crippen MR) is 97.2 cm³/mol. The normalized spacial score (nSPS) is 17.3. The molecule has 1 unspecified atom stereocenters. The lowest BCUT2D eigenvalue weighted by Gasteiger charge is -2.32. The summed E-state index contributed by atoms with van der Waals surface area (Å²) >= 11 is 0. The molecule has 0 radical (unpaired) electrons. The van der Waals surface area contributed by atoms with Gasteiger partial charge in [0.25, 0.3) is 0 Å². The van der Waals surface area contributed by atoms with Crippen LogP contribution in [0.25, 0.3) is 0 Å². The van der Waals surface area contributed by atoms with E-state index in [1.54, 1.807) is 4.90 Å². The molecule has 1 aliphatic rings. The number of rotatable bonds is 3. The summed E-state index contributed by atoms with van der Waals surface area (Å²) in [6, 6.07) is 5.82. The van der Waals surface area contributed by atoms with Crippen molar-refractivity contribution < 1.29 is 22.7 Å². The number of benzene rings is 1. The van der Waals surface area contributed by atoms with Crippen LogP contribution in [0.15, 0.2) is 30.5 Å². The standard InChI is InChI=1S/C19H21F3N4O2/c1-12-5-6-14(10-13(12)2)24-18(27)26-9-3-4-15(11-26)28-17-23-8-7-16(25-17)19(20,21)22/h5-8,10,15H,3-4,9,11H2,1-2H3,(H,24,27). The fourth-order valence-corrected chi connectivity index (χ4v) is 2.95. The zero-order valence-electron chi connectivity index (χ0n) is 15.6. The van der Waals surface area contributed by atoms with Crippen LogP contribution < -0.4 is 10.1 Å². The highest BCUT2D eigenvalue weighted by Gasteiger charge is 2.33. The highest BCUT2D eigenvalue weighted by Crippen LogP contribution is 2.28. The molecule has 1 N–H and O–H groups in total. The molecule has 2 aromatic rings. The van der Waals surface area contributed by atoms with Crippen molar-refractivity contribution in [2.24, 2.45) is 0 Å². The smallest absolute Gasteiger partial charge is 0.433 e. The maximum Gasteiger partial charge on any atom is 0.433 e. The van der Waals surface area contributed by atoms with E-state index in [0.29, 0.717) is 25.1 Å². The summed E-state index contributed by atoms with van der Waals surface area (Å²) in [6.07, 6.45) is -2.75. The van der Waals surface area contributed by atoms with Gasteiger partial charge in [-0.1, -0.05) is 6.07 Å². The second-order valence-electron chi connectivity index (χ2n) is 6.78. The number of halogens is 3. The molecule has 1 aromatic heterocycles. The SMILES string of the molecule is Cc1ccc(NC(=O)N2CCCC(Oc3nccc(C(F)(F)F)n3)C2)cc1C. The van der Waals surface area contributed by atoms with Gasteiger partial charge in [-0.3, -0.25) is 0 Å². The Bertz CT molecular complexity index is 857. The van der Waals surface area contributed by atoms with Crippen LogP contribution in [0.4, 0.5) is 23.7 Å². The number of aryl methyl sites for hydroxylation is 2. The Morgan fingerprint density at radius 1 is 1.25 bits per heavy atom. The summed E-state index contributed by atoms with van der Waals surface area (Å²) in [5, 5.41) is 2.84. The molecular formula is C19H21F3N4O2. The molecule has 1 atom stereocenters. The summed E-state index contributed by atoms with van der Waals surface area (Å²) in [7, 11) is 0. The summed E-state index contributed by atoms with van der Waals surface area (Å²) < 4.78 is 43.8. The van der Waals surface area contributed by atoms with Crippen molar-refractivity contribution in [3.8, 4) is 6.01 Å². The van der Waals surface area contributed by atoms with Gasteiger partial charge in [0, 0.05) is 18.4 Å². The zero-order valence-corrected chi connectivity index (χ0v) is 15.6. The Hall–Kier alpha value is -2.84. The summed E-state index contributed by atoms with van der Waals surface area (Å²) in [6.45, 7) is 4.74. The van der Waals surface area contributed by atoms with Gasteiger partial charge in [0.05, 0.1) is 6.54 Å². The number of likely N-dealkylation sites (tertiary alicyclic amines) is 1. The van der Waals surface area contributed by atoms with E-state index in [2.05, 4.69) is 15.3 Å². The molecule has 2 heterocycles. The van der Waals surface area contributed by atoms with E-state index >= 15 is 0 Å². The fraction of sp³-hybridized carbons (Fsp3) is 0.421. The molecule has 9 heteroatoms. The largest absolute Gasteiger partial charge is 0.458 e. The average Bonchev–Trinajstić information content (AvgIpc) is 2.64. The molecule has 150 valence electrons. The monoisotopic (exact) mass is 394 g/mol. The van der Waals surface area contributed by atoms with Gasteiger partial charge in [0.15, 0.2) is 5.69 Å². The maximum atomic E-state index is 12.8. The number of ether oxygens (including phenoxy) is 1. The molecule has 2 amide bonds.